The van der Waals surface area contributed by atoms with Crippen LogP contribution in [0.3, 0.4) is 0 Å². The normalized spacial score (nSPS) is 26.4. The van der Waals surface area contributed by atoms with Crippen molar-refractivity contribution >= 4 is 5.57 Å². The summed E-state index contributed by atoms with van der Waals surface area (Å²) in [6.45, 7) is 0. The minimum absolute atomic E-state index is 0.0474. The molecule has 0 spiro atoms. The van der Waals surface area contributed by atoms with Crippen LogP contribution < -0.4 is 0 Å². The number of allylic oxidation sites excluding steroid dienone is 3. The maximum absolute atomic E-state index is 13.1. The van der Waals surface area contributed by atoms with Gasteiger partial charge in [0.2, 0.25) is 5.60 Å². The zero-order valence-corrected chi connectivity index (χ0v) is 8.75. The molecule has 0 aromatic heterocycles. The minimum Gasteiger partial charge on any atom is -0.372 e. The topological polar surface area (TPSA) is 20.2 Å². The second-order valence-corrected chi connectivity index (χ2v) is 4.25. The molecule has 3 rings (SSSR count). The maximum atomic E-state index is 13.1. The summed E-state index contributed by atoms with van der Waals surface area (Å²) in [6, 6.07) is 6.15. The molecule has 4 heteroatoms. The number of alkyl halides is 3. The van der Waals surface area contributed by atoms with Crippen LogP contribution in [0.2, 0.25) is 0 Å². The summed E-state index contributed by atoms with van der Waals surface area (Å²) in [6.07, 6.45) is -1.23. The van der Waals surface area contributed by atoms with Gasteiger partial charge in [-0.25, -0.2) is 0 Å². The van der Waals surface area contributed by atoms with E-state index < -0.39 is 11.8 Å². The Balaban J connectivity index is 2.32. The van der Waals surface area contributed by atoms with Crippen LogP contribution in [-0.4, -0.2) is 11.3 Å². The van der Waals surface area contributed by atoms with Gasteiger partial charge in [0.05, 0.1) is 0 Å². The number of rotatable bonds is 0. The van der Waals surface area contributed by atoms with E-state index in [1.54, 1.807) is 24.3 Å². The Labute approximate surface area is 95.9 Å². The highest BCUT2D eigenvalue weighted by Gasteiger charge is 2.61. The van der Waals surface area contributed by atoms with Crippen LogP contribution in [0, 0.1) is 0 Å². The summed E-state index contributed by atoms with van der Waals surface area (Å²) in [5.41, 5.74) is -1.83. The van der Waals surface area contributed by atoms with Crippen LogP contribution in [0.5, 0.6) is 0 Å². The van der Waals surface area contributed by atoms with Gasteiger partial charge in [-0.2, -0.15) is 13.2 Å². The predicted molar refractivity (Wildman–Crippen MR) is 57.1 cm³/mol. The number of hydrogen-bond donors (Lipinski definition) is 1. The molecule has 0 radical (unpaired) electrons. The molecule has 0 amide bonds. The largest absolute Gasteiger partial charge is 0.425 e. The molecule has 0 aliphatic heterocycles. The third-order valence-corrected chi connectivity index (χ3v) is 3.39. The zero-order chi connectivity index (χ0) is 12.3. The Kier molecular flexibility index (Phi) is 1.88. The third kappa shape index (κ3) is 1.13. The van der Waals surface area contributed by atoms with Crippen molar-refractivity contribution in [1.29, 1.82) is 0 Å². The molecular formula is C13H9F3O. The van der Waals surface area contributed by atoms with Crippen molar-refractivity contribution in [3.63, 3.8) is 0 Å². The molecule has 88 valence electrons. The molecule has 0 heterocycles. The molecule has 2 aliphatic rings. The lowest BCUT2D eigenvalue weighted by atomic mass is 9.88. The van der Waals surface area contributed by atoms with E-state index in [-0.39, 0.29) is 17.6 Å². The van der Waals surface area contributed by atoms with E-state index >= 15 is 0 Å². The number of fused-ring (bicyclic) bond motifs is 2. The van der Waals surface area contributed by atoms with Gasteiger partial charge in [-0.05, 0) is 23.1 Å². The zero-order valence-electron chi connectivity index (χ0n) is 8.75. The average Bonchev–Trinajstić information content (AvgIpc) is 2.82. The van der Waals surface area contributed by atoms with E-state index in [9.17, 15) is 18.3 Å². The second kappa shape index (κ2) is 3.01. The molecule has 1 atom stereocenters. The standard InChI is InChI=1S/C13H9F3O/c14-13(15,16)12(17)10-6-2-1-4-8(10)9-5-3-7-11(9)12/h1-6,17H,7H2/t12-/m0/s1. The first-order valence-electron chi connectivity index (χ1n) is 5.25. The molecular weight excluding hydrogens is 229 g/mol. The van der Waals surface area contributed by atoms with Gasteiger partial charge >= 0.3 is 6.18 Å². The van der Waals surface area contributed by atoms with Gasteiger partial charge in [-0.3, -0.25) is 0 Å². The SMILES string of the molecule is O[C@]1(C(F)(F)F)C2=C(C=CC2)c2ccccc21. The van der Waals surface area contributed by atoms with Crippen LogP contribution >= 0.6 is 0 Å². The Morgan fingerprint density at radius 1 is 1.18 bits per heavy atom. The van der Waals surface area contributed by atoms with Crippen molar-refractivity contribution in [3.05, 3.63) is 53.1 Å². The lowest BCUT2D eigenvalue weighted by Crippen LogP contribution is -2.42. The molecule has 0 fully saturated rings. The number of hydrogen-bond acceptors (Lipinski definition) is 1. The van der Waals surface area contributed by atoms with Gasteiger partial charge in [0.25, 0.3) is 0 Å². The van der Waals surface area contributed by atoms with Crippen molar-refractivity contribution in [1.82, 2.24) is 0 Å². The third-order valence-electron chi connectivity index (χ3n) is 3.39. The Hall–Kier alpha value is -1.55. The molecule has 2 aliphatic carbocycles. The Bertz CT molecular complexity index is 554. The molecule has 1 aromatic rings. The highest BCUT2D eigenvalue weighted by molar-refractivity contribution is 5.88. The molecule has 0 unspecified atom stereocenters. The predicted octanol–water partition coefficient (Wildman–Crippen LogP) is 3.16. The van der Waals surface area contributed by atoms with Gasteiger partial charge in [0, 0.05) is 5.56 Å². The van der Waals surface area contributed by atoms with Crippen molar-refractivity contribution < 1.29 is 18.3 Å². The van der Waals surface area contributed by atoms with Gasteiger partial charge in [0.15, 0.2) is 0 Å². The molecule has 0 saturated heterocycles. The van der Waals surface area contributed by atoms with E-state index in [4.69, 9.17) is 0 Å². The van der Waals surface area contributed by atoms with E-state index in [0.29, 0.717) is 11.1 Å². The number of aliphatic hydroxyl groups is 1. The summed E-state index contributed by atoms with van der Waals surface area (Å²) in [5, 5.41) is 10.1. The van der Waals surface area contributed by atoms with Crippen molar-refractivity contribution in [2.24, 2.45) is 0 Å². The summed E-state index contributed by atoms with van der Waals surface area (Å²) in [7, 11) is 0. The van der Waals surface area contributed by atoms with E-state index in [1.165, 1.54) is 12.1 Å². The monoisotopic (exact) mass is 238 g/mol. The summed E-state index contributed by atoms with van der Waals surface area (Å²) >= 11 is 0. The summed E-state index contributed by atoms with van der Waals surface area (Å²) in [4.78, 5) is 0. The van der Waals surface area contributed by atoms with Crippen LogP contribution in [0.15, 0.2) is 42.0 Å². The number of halogens is 3. The molecule has 1 nitrogen and oxygen atoms in total. The fraction of sp³-hybridized carbons (Fsp3) is 0.231. The molecule has 17 heavy (non-hydrogen) atoms. The van der Waals surface area contributed by atoms with Crippen LogP contribution in [0.25, 0.3) is 5.57 Å². The Morgan fingerprint density at radius 3 is 2.59 bits per heavy atom. The lowest BCUT2D eigenvalue weighted by Gasteiger charge is -2.29. The summed E-state index contributed by atoms with van der Waals surface area (Å²) < 4.78 is 39.4. The molecule has 1 aromatic carbocycles. The highest BCUT2D eigenvalue weighted by Crippen LogP contribution is 2.56. The first-order chi connectivity index (χ1) is 7.96. The van der Waals surface area contributed by atoms with Crippen molar-refractivity contribution in [2.45, 2.75) is 18.2 Å². The van der Waals surface area contributed by atoms with Gasteiger partial charge < -0.3 is 5.11 Å². The van der Waals surface area contributed by atoms with Crippen LogP contribution in [-0.2, 0) is 5.60 Å². The van der Waals surface area contributed by atoms with E-state index in [1.807, 2.05) is 0 Å². The van der Waals surface area contributed by atoms with Gasteiger partial charge in [-0.15, -0.1) is 0 Å². The maximum Gasteiger partial charge on any atom is 0.425 e. The van der Waals surface area contributed by atoms with E-state index in [2.05, 4.69) is 0 Å². The first kappa shape index (κ1) is 10.6. The quantitative estimate of drug-likeness (QED) is 0.736. The highest BCUT2D eigenvalue weighted by atomic mass is 19.4. The van der Waals surface area contributed by atoms with Crippen LogP contribution in [0.1, 0.15) is 17.5 Å². The van der Waals surface area contributed by atoms with Gasteiger partial charge in [-0.1, -0.05) is 36.4 Å². The fourth-order valence-corrected chi connectivity index (χ4v) is 2.62. The summed E-state index contributed by atoms with van der Waals surface area (Å²) in [5.74, 6) is 0. The fourth-order valence-electron chi connectivity index (χ4n) is 2.62. The van der Waals surface area contributed by atoms with Gasteiger partial charge in [0.1, 0.15) is 0 Å². The van der Waals surface area contributed by atoms with E-state index in [0.717, 1.165) is 0 Å². The second-order valence-electron chi connectivity index (χ2n) is 4.25. The van der Waals surface area contributed by atoms with Crippen LogP contribution in [0.4, 0.5) is 13.2 Å². The first-order valence-corrected chi connectivity index (χ1v) is 5.25. The lowest BCUT2D eigenvalue weighted by molar-refractivity contribution is -0.249. The Morgan fingerprint density at radius 2 is 1.88 bits per heavy atom. The molecule has 0 saturated carbocycles. The smallest absolute Gasteiger partial charge is 0.372 e. The molecule has 0 bridgehead atoms. The van der Waals surface area contributed by atoms with Crippen molar-refractivity contribution in [3.8, 4) is 0 Å². The number of benzene rings is 1. The average molecular weight is 238 g/mol. The molecule has 1 N–H and O–H groups in total. The minimum atomic E-state index is -4.69. The van der Waals surface area contributed by atoms with Crippen molar-refractivity contribution in [2.75, 3.05) is 0 Å².